The third-order valence-corrected chi connectivity index (χ3v) is 6.56. The first-order valence-electron chi connectivity index (χ1n) is 9.90. The number of aromatic nitrogens is 3. The normalized spacial score (nSPS) is 11.5. The number of sulfonamides is 1. The molecule has 0 atom stereocenters. The van der Waals surface area contributed by atoms with Crippen LogP contribution in [-0.2, 0) is 10.0 Å². The van der Waals surface area contributed by atoms with Crippen molar-refractivity contribution in [3.8, 4) is 11.1 Å². The van der Waals surface area contributed by atoms with E-state index >= 15 is 4.39 Å². The van der Waals surface area contributed by atoms with Crippen LogP contribution >= 0.6 is 11.6 Å². The number of nitrogens with zero attached hydrogens (tertiary/aromatic N) is 3. The van der Waals surface area contributed by atoms with Gasteiger partial charge in [0, 0.05) is 17.1 Å². The summed E-state index contributed by atoms with van der Waals surface area (Å²) in [6.45, 7) is 1.68. The van der Waals surface area contributed by atoms with Crippen LogP contribution < -0.4 is 10.0 Å². The monoisotopic (exact) mass is 489 g/mol. The molecule has 7 nitrogen and oxygen atoms in total. The first-order valence-corrected chi connectivity index (χ1v) is 11.9. The maximum atomic E-state index is 15.1. The van der Waals surface area contributed by atoms with Crippen molar-refractivity contribution in [3.05, 3.63) is 71.8 Å². The summed E-state index contributed by atoms with van der Waals surface area (Å²) in [4.78, 5) is 12.4. The number of nitrogens with one attached hydrogen (secondary N) is 2. The first-order chi connectivity index (χ1) is 15.8. The molecule has 33 heavy (non-hydrogen) atoms. The second-order valence-corrected chi connectivity index (χ2v) is 9.33. The van der Waals surface area contributed by atoms with E-state index in [4.69, 9.17) is 11.6 Å². The number of anilines is 3. The summed E-state index contributed by atoms with van der Waals surface area (Å²) >= 11 is 6.20. The van der Waals surface area contributed by atoms with Crippen LogP contribution in [0.15, 0.2) is 55.0 Å². The smallest absolute Gasteiger partial charge is 0.232 e. The molecule has 0 spiro atoms. The van der Waals surface area contributed by atoms with Crippen LogP contribution in [0.4, 0.5) is 26.0 Å². The summed E-state index contributed by atoms with van der Waals surface area (Å²) in [6.07, 6.45) is 3.17. The molecule has 11 heteroatoms. The molecule has 2 N–H and O–H groups in total. The third-order valence-electron chi connectivity index (χ3n) is 4.78. The molecule has 0 unspecified atom stereocenters. The first kappa shape index (κ1) is 22.8. The molecule has 170 valence electrons. The number of benzene rings is 2. The standard InChI is InChI=1S/C22H18ClF2N5O2S/c1-2-10-33(31,32)30-18-8-6-16(24)20(19(18)25)29-22-15-11-13(5-7-17(15)27-12-28-22)14-4-3-9-26-21(14)23/h3-9,11-12,30H,2,10H2,1H3,(H,27,28,29). The lowest BCUT2D eigenvalue weighted by molar-refractivity contribution is 0.588. The van der Waals surface area contributed by atoms with Crippen molar-refractivity contribution in [2.45, 2.75) is 13.3 Å². The van der Waals surface area contributed by atoms with Crippen molar-refractivity contribution in [3.63, 3.8) is 0 Å². The second-order valence-electron chi connectivity index (χ2n) is 7.13. The molecule has 0 aliphatic rings. The third kappa shape index (κ3) is 4.86. The van der Waals surface area contributed by atoms with Crippen LogP contribution in [0.3, 0.4) is 0 Å². The lowest BCUT2D eigenvalue weighted by Gasteiger charge is -2.14. The predicted molar refractivity (Wildman–Crippen MR) is 125 cm³/mol. The molecule has 4 aromatic rings. The Hall–Kier alpha value is -3.37. The highest BCUT2D eigenvalue weighted by Crippen LogP contribution is 2.33. The van der Waals surface area contributed by atoms with Gasteiger partial charge in [-0.3, -0.25) is 4.72 Å². The quantitative estimate of drug-likeness (QED) is 0.332. The predicted octanol–water partition coefficient (Wildman–Crippen LogP) is 5.52. The van der Waals surface area contributed by atoms with E-state index < -0.39 is 27.3 Å². The fourth-order valence-corrected chi connectivity index (χ4v) is 4.64. The van der Waals surface area contributed by atoms with E-state index in [1.807, 2.05) is 0 Å². The van der Waals surface area contributed by atoms with Gasteiger partial charge >= 0.3 is 0 Å². The molecule has 0 aliphatic carbocycles. The van der Waals surface area contributed by atoms with Gasteiger partial charge in [-0.2, -0.15) is 0 Å². The topological polar surface area (TPSA) is 96.9 Å². The summed E-state index contributed by atoms with van der Waals surface area (Å²) in [5.41, 5.74) is 0.989. The van der Waals surface area contributed by atoms with Crippen molar-refractivity contribution in [2.75, 3.05) is 15.8 Å². The van der Waals surface area contributed by atoms with Gasteiger partial charge in [0.2, 0.25) is 10.0 Å². The molecule has 2 aromatic heterocycles. The van der Waals surface area contributed by atoms with E-state index in [-0.39, 0.29) is 17.3 Å². The van der Waals surface area contributed by atoms with Gasteiger partial charge in [-0.15, -0.1) is 0 Å². The molecule has 2 aromatic carbocycles. The molecule has 0 radical (unpaired) electrons. The van der Waals surface area contributed by atoms with Crippen molar-refractivity contribution in [1.82, 2.24) is 15.0 Å². The molecule has 0 saturated carbocycles. The molecule has 2 heterocycles. The Kier molecular flexibility index (Phi) is 6.39. The van der Waals surface area contributed by atoms with E-state index in [2.05, 4.69) is 25.0 Å². The largest absolute Gasteiger partial charge is 0.335 e. The molecule has 0 bridgehead atoms. The fraction of sp³-hybridized carbons (Fsp3) is 0.136. The van der Waals surface area contributed by atoms with E-state index in [1.165, 1.54) is 6.33 Å². The van der Waals surface area contributed by atoms with Gasteiger partial charge < -0.3 is 5.32 Å². The molecule has 0 saturated heterocycles. The molecular formula is C22H18ClF2N5O2S. The molecule has 0 amide bonds. The highest BCUT2D eigenvalue weighted by atomic mass is 35.5. The van der Waals surface area contributed by atoms with Crippen LogP contribution in [0.1, 0.15) is 13.3 Å². The van der Waals surface area contributed by atoms with Gasteiger partial charge in [0.25, 0.3) is 0 Å². The van der Waals surface area contributed by atoms with Crippen LogP contribution in [0.2, 0.25) is 5.15 Å². The minimum Gasteiger partial charge on any atom is -0.335 e. The number of pyridine rings is 1. The minimum absolute atomic E-state index is 0.133. The van der Waals surface area contributed by atoms with Crippen molar-refractivity contribution in [2.24, 2.45) is 0 Å². The number of rotatable bonds is 7. The Bertz CT molecular complexity index is 1450. The van der Waals surface area contributed by atoms with Gasteiger partial charge in [-0.25, -0.2) is 32.2 Å². The Morgan fingerprint density at radius 2 is 1.88 bits per heavy atom. The van der Waals surface area contributed by atoms with Crippen LogP contribution in [0.25, 0.3) is 22.0 Å². The molecule has 0 fully saturated rings. The van der Waals surface area contributed by atoms with Gasteiger partial charge in [0.1, 0.15) is 28.8 Å². The van der Waals surface area contributed by atoms with Gasteiger partial charge in [0.05, 0.1) is 17.0 Å². The minimum atomic E-state index is -3.77. The Balaban J connectivity index is 1.77. The molecular weight excluding hydrogens is 472 g/mol. The average molecular weight is 490 g/mol. The lowest BCUT2D eigenvalue weighted by Crippen LogP contribution is -2.17. The summed E-state index contributed by atoms with van der Waals surface area (Å²) in [7, 11) is -3.77. The summed E-state index contributed by atoms with van der Waals surface area (Å²) in [5.74, 6) is -2.06. The van der Waals surface area contributed by atoms with Crippen LogP contribution in [-0.4, -0.2) is 29.1 Å². The van der Waals surface area contributed by atoms with E-state index in [1.54, 1.807) is 43.5 Å². The van der Waals surface area contributed by atoms with Crippen molar-refractivity contribution >= 4 is 49.7 Å². The van der Waals surface area contributed by atoms with E-state index in [9.17, 15) is 12.8 Å². The van der Waals surface area contributed by atoms with Crippen molar-refractivity contribution in [1.29, 1.82) is 0 Å². The highest BCUT2D eigenvalue weighted by molar-refractivity contribution is 7.92. The summed E-state index contributed by atoms with van der Waals surface area (Å²) in [5, 5.41) is 3.43. The Morgan fingerprint density at radius 1 is 1.06 bits per heavy atom. The number of halogens is 3. The van der Waals surface area contributed by atoms with E-state index in [0.717, 1.165) is 12.1 Å². The maximum Gasteiger partial charge on any atom is 0.232 e. The summed E-state index contributed by atoms with van der Waals surface area (Å²) < 4.78 is 55.9. The van der Waals surface area contributed by atoms with Gasteiger partial charge in [-0.1, -0.05) is 24.6 Å². The Morgan fingerprint density at radius 3 is 2.64 bits per heavy atom. The maximum absolute atomic E-state index is 15.1. The SMILES string of the molecule is CCCS(=O)(=O)Nc1ccc(F)c(Nc2ncnc3ccc(-c4cccnc4Cl)cc23)c1F. The van der Waals surface area contributed by atoms with Gasteiger partial charge in [-0.05, 0) is 48.4 Å². The fourth-order valence-electron chi connectivity index (χ4n) is 3.28. The molecule has 4 rings (SSSR count). The number of hydrogen-bond acceptors (Lipinski definition) is 6. The second kappa shape index (κ2) is 9.24. The zero-order chi connectivity index (χ0) is 23.6. The Labute approximate surface area is 193 Å². The van der Waals surface area contributed by atoms with Gasteiger partial charge in [0.15, 0.2) is 5.82 Å². The van der Waals surface area contributed by atoms with Crippen molar-refractivity contribution < 1.29 is 17.2 Å². The zero-order valence-corrected chi connectivity index (χ0v) is 18.9. The molecule has 0 aliphatic heterocycles. The van der Waals surface area contributed by atoms with E-state index in [0.29, 0.717) is 33.6 Å². The van der Waals surface area contributed by atoms with Crippen LogP contribution in [0, 0.1) is 11.6 Å². The summed E-state index contributed by atoms with van der Waals surface area (Å²) in [6, 6.07) is 10.8. The number of fused-ring (bicyclic) bond motifs is 1. The highest BCUT2D eigenvalue weighted by Gasteiger charge is 2.19. The average Bonchev–Trinajstić information content (AvgIpc) is 2.78. The lowest BCUT2D eigenvalue weighted by atomic mass is 10.1. The zero-order valence-electron chi connectivity index (χ0n) is 17.3. The van der Waals surface area contributed by atoms with Crippen LogP contribution in [0.5, 0.6) is 0 Å². The number of hydrogen-bond donors (Lipinski definition) is 2.